The molecule has 0 N–H and O–H groups in total. The summed E-state index contributed by atoms with van der Waals surface area (Å²) in [5.41, 5.74) is 1.65. The fourth-order valence-corrected chi connectivity index (χ4v) is 4.86. The van der Waals surface area contributed by atoms with Crippen LogP contribution in [0.1, 0.15) is 50.3 Å². The molecule has 6 nitrogen and oxygen atoms in total. The first-order chi connectivity index (χ1) is 15.9. The number of nitrogens with zero attached hydrogens (tertiary/aromatic N) is 2. The number of allylic oxidation sites excluding steroid dienone is 2. The lowest BCUT2D eigenvalue weighted by Crippen LogP contribution is -2.45. The minimum Gasteiger partial charge on any atom is -0.469 e. The quantitative estimate of drug-likeness (QED) is 0.276. The van der Waals surface area contributed by atoms with Crippen LogP contribution in [-0.2, 0) is 19.0 Å². The highest BCUT2D eigenvalue weighted by Crippen LogP contribution is 2.44. The topological polar surface area (TPSA) is 81.4 Å². The molecule has 0 spiro atoms. The number of hydrogen-bond donors (Lipinski definition) is 0. The van der Waals surface area contributed by atoms with E-state index in [1.54, 1.807) is 18.0 Å². The second-order valence-electron chi connectivity index (χ2n) is 8.40. The molecule has 0 saturated carbocycles. The summed E-state index contributed by atoms with van der Waals surface area (Å²) in [5, 5.41) is 9.45. The maximum Gasteiger partial charge on any atom is 0.305 e. The Kier molecular flexibility index (Phi) is 9.07. The number of pyridine rings is 1. The van der Waals surface area contributed by atoms with Gasteiger partial charge in [-0.05, 0) is 50.5 Å². The first kappa shape index (κ1) is 25.0. The zero-order chi connectivity index (χ0) is 23.7. The number of esters is 1. The van der Waals surface area contributed by atoms with Crippen LogP contribution in [0, 0.1) is 17.2 Å². The van der Waals surface area contributed by atoms with E-state index in [9.17, 15) is 10.1 Å². The van der Waals surface area contributed by atoms with Crippen molar-refractivity contribution >= 4 is 17.7 Å². The van der Waals surface area contributed by atoms with Gasteiger partial charge in [0.1, 0.15) is 6.07 Å². The van der Waals surface area contributed by atoms with E-state index in [1.807, 2.05) is 48.7 Å². The molecule has 1 fully saturated rings. The fourth-order valence-electron chi connectivity index (χ4n) is 3.70. The summed E-state index contributed by atoms with van der Waals surface area (Å²) in [6.07, 6.45) is 8.81. The van der Waals surface area contributed by atoms with Gasteiger partial charge in [-0.1, -0.05) is 30.4 Å². The van der Waals surface area contributed by atoms with Crippen LogP contribution in [0.25, 0.3) is 0 Å². The average molecular weight is 467 g/mol. The predicted octanol–water partition coefficient (Wildman–Crippen LogP) is 5.45. The van der Waals surface area contributed by atoms with Gasteiger partial charge in [-0.2, -0.15) is 5.26 Å². The third kappa shape index (κ3) is 6.91. The zero-order valence-corrected chi connectivity index (χ0v) is 20.1. The molecule has 0 aliphatic carbocycles. The number of carbonyl (C=O) groups is 1. The fraction of sp³-hybridized carbons (Fsp3) is 0.423. The average Bonchev–Trinajstić information content (AvgIpc) is 2.84. The molecule has 1 aromatic carbocycles. The van der Waals surface area contributed by atoms with Crippen molar-refractivity contribution in [2.75, 3.05) is 13.7 Å². The van der Waals surface area contributed by atoms with Crippen LogP contribution < -0.4 is 0 Å². The molecular formula is C26H30N2O4S. The van der Waals surface area contributed by atoms with Gasteiger partial charge in [0, 0.05) is 29.6 Å². The molecule has 7 heteroatoms. The predicted molar refractivity (Wildman–Crippen MR) is 127 cm³/mol. The van der Waals surface area contributed by atoms with E-state index >= 15 is 0 Å². The van der Waals surface area contributed by atoms with E-state index < -0.39 is 11.0 Å². The number of hydrogen-bond acceptors (Lipinski definition) is 7. The number of ether oxygens (including phenoxy) is 3. The molecule has 1 saturated heterocycles. The number of aromatic nitrogens is 1. The molecule has 0 bridgehead atoms. The summed E-state index contributed by atoms with van der Waals surface area (Å²) in [6.45, 7) is 4.68. The van der Waals surface area contributed by atoms with Gasteiger partial charge in [0.05, 0.1) is 30.1 Å². The van der Waals surface area contributed by atoms with Crippen molar-refractivity contribution in [2.45, 2.75) is 55.1 Å². The smallest absolute Gasteiger partial charge is 0.305 e. The van der Waals surface area contributed by atoms with E-state index in [0.717, 1.165) is 16.9 Å². The summed E-state index contributed by atoms with van der Waals surface area (Å²) in [7, 11) is 1.40. The molecule has 2 heterocycles. The molecule has 3 atom stereocenters. The Labute approximate surface area is 200 Å². The van der Waals surface area contributed by atoms with Crippen LogP contribution in [0.5, 0.6) is 0 Å². The van der Waals surface area contributed by atoms with Gasteiger partial charge in [0.15, 0.2) is 6.29 Å². The standard InChI is InChI=1S/C26H30N2O4S/c1-26(2,33-22-13-8-7-10-19(22)16-27)25-31-18-21(11-5-4-6-14-23(29)30-3)24(32-25)20-12-9-15-28-17-20/h4-5,7-10,12-13,15,17,21,24-25H,6,11,14,18H2,1-3H3/b5-4-/t21-,24-,25+/m1/s1. The van der Waals surface area contributed by atoms with E-state index in [2.05, 4.69) is 35.7 Å². The van der Waals surface area contributed by atoms with Crippen LogP contribution in [0.4, 0.5) is 0 Å². The summed E-state index contributed by atoms with van der Waals surface area (Å²) in [4.78, 5) is 16.5. The zero-order valence-electron chi connectivity index (χ0n) is 19.3. The normalized spacial score (nSPS) is 21.0. The van der Waals surface area contributed by atoms with Crippen molar-refractivity contribution in [1.29, 1.82) is 5.26 Å². The molecule has 3 rings (SSSR count). The van der Waals surface area contributed by atoms with Crippen molar-refractivity contribution < 1.29 is 19.0 Å². The third-order valence-electron chi connectivity index (χ3n) is 5.47. The van der Waals surface area contributed by atoms with Crippen LogP contribution >= 0.6 is 11.8 Å². The summed E-state index contributed by atoms with van der Waals surface area (Å²) < 4.78 is 17.0. The van der Waals surface area contributed by atoms with Gasteiger partial charge in [-0.3, -0.25) is 9.78 Å². The lowest BCUT2D eigenvalue weighted by atomic mass is 9.92. The SMILES string of the molecule is COC(=O)CC/C=C\C[C@@H]1CO[C@H](C(C)(C)Sc2ccccc2C#N)O[C@@H]1c1cccnc1. The number of benzene rings is 1. The molecule has 0 amide bonds. The van der Waals surface area contributed by atoms with Crippen molar-refractivity contribution in [2.24, 2.45) is 5.92 Å². The maximum absolute atomic E-state index is 11.3. The van der Waals surface area contributed by atoms with Gasteiger partial charge < -0.3 is 14.2 Å². The Balaban J connectivity index is 1.71. The summed E-state index contributed by atoms with van der Waals surface area (Å²) >= 11 is 1.59. The van der Waals surface area contributed by atoms with Crippen molar-refractivity contribution in [3.05, 3.63) is 72.1 Å². The Morgan fingerprint density at radius 1 is 1.30 bits per heavy atom. The Morgan fingerprint density at radius 2 is 2.12 bits per heavy atom. The van der Waals surface area contributed by atoms with Crippen LogP contribution in [0.3, 0.4) is 0 Å². The first-order valence-electron chi connectivity index (χ1n) is 11.0. The highest BCUT2D eigenvalue weighted by atomic mass is 32.2. The summed E-state index contributed by atoms with van der Waals surface area (Å²) in [6, 6.07) is 13.8. The molecule has 1 aliphatic rings. The van der Waals surface area contributed by atoms with Gasteiger partial charge in [0.25, 0.3) is 0 Å². The minimum atomic E-state index is -0.459. The molecule has 0 unspecified atom stereocenters. The second-order valence-corrected chi connectivity index (χ2v) is 10.1. The van der Waals surface area contributed by atoms with Gasteiger partial charge in [0.2, 0.25) is 0 Å². The minimum absolute atomic E-state index is 0.118. The molecule has 33 heavy (non-hydrogen) atoms. The van der Waals surface area contributed by atoms with E-state index in [4.69, 9.17) is 9.47 Å². The monoisotopic (exact) mass is 466 g/mol. The number of rotatable bonds is 9. The first-order valence-corrected chi connectivity index (χ1v) is 11.8. The number of methoxy groups -OCH3 is 1. The van der Waals surface area contributed by atoms with Gasteiger partial charge in [-0.15, -0.1) is 11.8 Å². The van der Waals surface area contributed by atoms with Gasteiger partial charge >= 0.3 is 5.97 Å². The Morgan fingerprint density at radius 3 is 2.85 bits per heavy atom. The molecule has 1 aromatic heterocycles. The number of nitriles is 1. The second kappa shape index (κ2) is 12.0. The molecule has 1 aliphatic heterocycles. The lowest BCUT2D eigenvalue weighted by molar-refractivity contribution is -0.248. The third-order valence-corrected chi connectivity index (χ3v) is 6.76. The highest BCUT2D eigenvalue weighted by Gasteiger charge is 2.41. The molecule has 174 valence electrons. The van der Waals surface area contributed by atoms with Crippen molar-refractivity contribution in [3.63, 3.8) is 0 Å². The molecular weight excluding hydrogens is 436 g/mol. The Bertz CT molecular complexity index is 987. The van der Waals surface area contributed by atoms with Gasteiger partial charge in [-0.25, -0.2) is 0 Å². The Hall–Kier alpha value is -2.66. The van der Waals surface area contributed by atoms with E-state index in [-0.39, 0.29) is 18.0 Å². The summed E-state index contributed by atoms with van der Waals surface area (Å²) in [5.74, 6) is -0.0928. The van der Waals surface area contributed by atoms with E-state index in [0.29, 0.717) is 25.0 Å². The molecule has 2 aromatic rings. The number of thioether (sulfide) groups is 1. The van der Waals surface area contributed by atoms with E-state index in [1.165, 1.54) is 7.11 Å². The largest absolute Gasteiger partial charge is 0.469 e. The molecule has 0 radical (unpaired) electrons. The van der Waals surface area contributed by atoms with Crippen LogP contribution in [0.15, 0.2) is 65.8 Å². The van der Waals surface area contributed by atoms with Crippen LogP contribution in [0.2, 0.25) is 0 Å². The van der Waals surface area contributed by atoms with Crippen LogP contribution in [-0.4, -0.2) is 35.7 Å². The van der Waals surface area contributed by atoms with Crippen molar-refractivity contribution in [3.8, 4) is 6.07 Å². The highest BCUT2D eigenvalue weighted by molar-refractivity contribution is 8.00. The maximum atomic E-state index is 11.3. The van der Waals surface area contributed by atoms with Crippen molar-refractivity contribution in [1.82, 2.24) is 4.98 Å². The number of carbonyl (C=O) groups excluding carboxylic acids is 1. The lowest BCUT2D eigenvalue weighted by Gasteiger charge is -2.42.